The summed E-state index contributed by atoms with van der Waals surface area (Å²) in [6, 6.07) is 10.0. The highest BCUT2D eigenvalue weighted by Gasteiger charge is 2.58. The van der Waals surface area contributed by atoms with Crippen molar-refractivity contribution in [1.29, 1.82) is 5.26 Å². The number of rotatable bonds is 6. The van der Waals surface area contributed by atoms with Gasteiger partial charge in [-0.3, -0.25) is 14.7 Å². The van der Waals surface area contributed by atoms with E-state index in [9.17, 15) is 10.1 Å². The van der Waals surface area contributed by atoms with Crippen LogP contribution in [-0.4, -0.2) is 60.0 Å². The average Bonchev–Trinajstić information content (AvgIpc) is 3.01. The molecule has 3 aliphatic rings. The second-order valence-electron chi connectivity index (χ2n) is 8.55. The standard InChI is InChI=1S/C24H29N5O2S/c1-17(21(16-25)26-2)10-15-28-22(30)24(11-3-12-24)29(23(28)32)18-4-6-19(7-5-18)31-20-8-13-27-14-9-20/h4-7,10,20,27H,3,8-9,11-15H2,1-2H3/b17-10-,26-21?. The van der Waals surface area contributed by atoms with Crippen LogP contribution in [0.3, 0.4) is 0 Å². The van der Waals surface area contributed by atoms with Crippen molar-refractivity contribution in [1.82, 2.24) is 10.2 Å². The smallest absolute Gasteiger partial charge is 0.255 e. The molecule has 4 rings (SSSR count). The largest absolute Gasteiger partial charge is 0.490 e. The first-order chi connectivity index (χ1) is 15.5. The summed E-state index contributed by atoms with van der Waals surface area (Å²) in [6.45, 7) is 4.13. The summed E-state index contributed by atoms with van der Waals surface area (Å²) in [5.41, 5.74) is 1.43. The number of aliphatic imine (C=N–C) groups is 1. The monoisotopic (exact) mass is 451 g/mol. The van der Waals surface area contributed by atoms with Crippen molar-refractivity contribution in [2.24, 2.45) is 4.99 Å². The van der Waals surface area contributed by atoms with E-state index in [1.807, 2.05) is 42.2 Å². The molecule has 1 amide bonds. The maximum Gasteiger partial charge on any atom is 0.255 e. The van der Waals surface area contributed by atoms with E-state index in [1.54, 1.807) is 11.9 Å². The van der Waals surface area contributed by atoms with Crippen molar-refractivity contribution in [3.63, 3.8) is 0 Å². The minimum atomic E-state index is -0.590. The zero-order valence-electron chi connectivity index (χ0n) is 18.6. The molecule has 1 aromatic carbocycles. The summed E-state index contributed by atoms with van der Waals surface area (Å²) in [5, 5.41) is 13.0. The van der Waals surface area contributed by atoms with Crippen LogP contribution in [0.15, 0.2) is 40.9 Å². The van der Waals surface area contributed by atoms with Crippen molar-refractivity contribution < 1.29 is 9.53 Å². The number of amides is 1. The molecule has 1 N–H and O–H groups in total. The van der Waals surface area contributed by atoms with Crippen LogP contribution in [0.2, 0.25) is 0 Å². The molecule has 0 unspecified atom stereocenters. The number of piperidine rings is 1. The third kappa shape index (κ3) is 4.03. The van der Waals surface area contributed by atoms with Crippen molar-refractivity contribution in [3.8, 4) is 11.8 Å². The highest BCUT2D eigenvalue weighted by molar-refractivity contribution is 7.80. The van der Waals surface area contributed by atoms with Crippen molar-refractivity contribution in [3.05, 3.63) is 35.9 Å². The van der Waals surface area contributed by atoms with Crippen molar-refractivity contribution in [2.45, 2.75) is 50.7 Å². The van der Waals surface area contributed by atoms with Gasteiger partial charge in [-0.15, -0.1) is 0 Å². The van der Waals surface area contributed by atoms with E-state index in [4.69, 9.17) is 17.0 Å². The molecule has 7 nitrogen and oxygen atoms in total. The topological polar surface area (TPSA) is 81.0 Å². The first kappa shape index (κ1) is 22.4. The van der Waals surface area contributed by atoms with Gasteiger partial charge in [0.1, 0.15) is 29.2 Å². The Morgan fingerprint density at radius 3 is 2.59 bits per heavy atom. The van der Waals surface area contributed by atoms with Gasteiger partial charge in [-0.05, 0) is 94.2 Å². The van der Waals surface area contributed by atoms with Gasteiger partial charge in [0, 0.05) is 19.3 Å². The SMILES string of the molecule is CN=C(C#N)/C(C)=C\CN1C(=O)C2(CCC2)N(c2ccc(OC3CCNCC3)cc2)C1=S. The maximum atomic E-state index is 13.4. The minimum absolute atomic E-state index is 0.0415. The molecular weight excluding hydrogens is 422 g/mol. The lowest BCUT2D eigenvalue weighted by molar-refractivity contribution is -0.132. The highest BCUT2D eigenvalue weighted by Crippen LogP contribution is 2.46. The molecule has 2 saturated heterocycles. The first-order valence-corrected chi connectivity index (χ1v) is 11.6. The second-order valence-corrected chi connectivity index (χ2v) is 8.92. The van der Waals surface area contributed by atoms with Gasteiger partial charge in [-0.1, -0.05) is 6.08 Å². The fourth-order valence-electron chi connectivity index (χ4n) is 4.62. The molecule has 0 aromatic heterocycles. The molecule has 168 valence electrons. The van der Waals surface area contributed by atoms with Crippen LogP contribution in [0.1, 0.15) is 39.0 Å². The zero-order chi connectivity index (χ0) is 22.7. The lowest BCUT2D eigenvalue weighted by Crippen LogP contribution is -2.55. The lowest BCUT2D eigenvalue weighted by Gasteiger charge is -2.43. The number of nitrogens with zero attached hydrogens (tertiary/aromatic N) is 4. The number of hydrogen-bond donors (Lipinski definition) is 1. The normalized spacial score (nSPS) is 21.7. The van der Waals surface area contributed by atoms with Crippen molar-refractivity contribution >= 4 is 34.6 Å². The van der Waals surface area contributed by atoms with Crippen LogP contribution in [0.25, 0.3) is 0 Å². The number of ether oxygens (including phenoxy) is 1. The molecule has 0 atom stereocenters. The Balaban J connectivity index is 1.53. The number of carbonyl (C=O) groups excluding carboxylic acids is 1. The fourth-order valence-corrected chi connectivity index (χ4v) is 5.06. The molecule has 0 radical (unpaired) electrons. The number of thiocarbonyl (C=S) groups is 1. The van der Waals surface area contributed by atoms with Crippen LogP contribution in [0.4, 0.5) is 5.69 Å². The highest BCUT2D eigenvalue weighted by atomic mass is 32.1. The molecule has 8 heteroatoms. The summed E-state index contributed by atoms with van der Waals surface area (Å²) >= 11 is 5.78. The van der Waals surface area contributed by atoms with E-state index in [1.165, 1.54) is 0 Å². The van der Waals surface area contributed by atoms with E-state index in [0.717, 1.165) is 62.2 Å². The third-order valence-corrected chi connectivity index (χ3v) is 7.04. The third-order valence-electron chi connectivity index (χ3n) is 6.64. The van der Waals surface area contributed by atoms with E-state index in [2.05, 4.69) is 16.4 Å². The lowest BCUT2D eigenvalue weighted by atomic mass is 9.75. The van der Waals surface area contributed by atoms with Crippen LogP contribution in [0, 0.1) is 11.3 Å². The Morgan fingerprint density at radius 2 is 2.03 bits per heavy atom. The zero-order valence-corrected chi connectivity index (χ0v) is 19.5. The molecule has 1 saturated carbocycles. The molecule has 1 spiro atoms. The van der Waals surface area contributed by atoms with E-state index >= 15 is 0 Å². The predicted octanol–water partition coefficient (Wildman–Crippen LogP) is 3.21. The first-order valence-electron chi connectivity index (χ1n) is 11.2. The number of hydrogen-bond acceptors (Lipinski definition) is 6. The van der Waals surface area contributed by atoms with Gasteiger partial charge in [0.05, 0.1) is 0 Å². The van der Waals surface area contributed by atoms with E-state index < -0.39 is 5.54 Å². The Labute approximate surface area is 194 Å². The van der Waals surface area contributed by atoms with Crippen LogP contribution >= 0.6 is 12.2 Å². The second kappa shape index (κ2) is 9.39. The maximum absolute atomic E-state index is 13.4. The molecule has 3 fully saturated rings. The summed E-state index contributed by atoms with van der Waals surface area (Å²) in [4.78, 5) is 21.1. The quantitative estimate of drug-likeness (QED) is 0.528. The van der Waals surface area contributed by atoms with Gasteiger partial charge >= 0.3 is 0 Å². The van der Waals surface area contributed by atoms with Crippen molar-refractivity contribution in [2.75, 3.05) is 31.6 Å². The average molecular weight is 452 g/mol. The Hall–Kier alpha value is -2.76. The van der Waals surface area contributed by atoms with Gasteiger partial charge in [-0.25, -0.2) is 0 Å². The van der Waals surface area contributed by atoms with Gasteiger partial charge in [-0.2, -0.15) is 5.26 Å². The summed E-state index contributed by atoms with van der Waals surface area (Å²) < 4.78 is 6.13. The number of nitriles is 1. The molecule has 32 heavy (non-hydrogen) atoms. The number of benzene rings is 1. The summed E-state index contributed by atoms with van der Waals surface area (Å²) in [6.07, 6.45) is 6.69. The van der Waals surface area contributed by atoms with Gasteiger partial charge in [0.25, 0.3) is 5.91 Å². The fraction of sp³-hybridized carbons (Fsp3) is 0.500. The van der Waals surface area contributed by atoms with Crippen LogP contribution in [0.5, 0.6) is 5.75 Å². The van der Waals surface area contributed by atoms with E-state index in [0.29, 0.717) is 17.4 Å². The molecule has 1 aliphatic carbocycles. The van der Waals surface area contributed by atoms with Gasteiger partial charge in [0.15, 0.2) is 5.11 Å². The molecule has 2 heterocycles. The molecule has 1 aromatic rings. The van der Waals surface area contributed by atoms with Gasteiger partial charge in [0.2, 0.25) is 0 Å². The number of nitrogens with one attached hydrogen (secondary N) is 1. The Morgan fingerprint density at radius 1 is 1.34 bits per heavy atom. The van der Waals surface area contributed by atoms with Crippen LogP contribution in [-0.2, 0) is 4.79 Å². The molecule has 2 aliphatic heterocycles. The molecular formula is C24H29N5O2S. The molecule has 0 bridgehead atoms. The minimum Gasteiger partial charge on any atom is -0.490 e. The number of anilines is 1. The van der Waals surface area contributed by atoms with Crippen LogP contribution < -0.4 is 15.0 Å². The number of allylic oxidation sites excluding steroid dienone is 1. The van der Waals surface area contributed by atoms with E-state index in [-0.39, 0.29) is 12.0 Å². The van der Waals surface area contributed by atoms with Gasteiger partial charge < -0.3 is 15.0 Å². The predicted molar refractivity (Wildman–Crippen MR) is 129 cm³/mol. The summed E-state index contributed by atoms with van der Waals surface area (Å²) in [7, 11) is 1.59. The Kier molecular flexibility index (Phi) is 6.58. The Bertz CT molecular complexity index is 985. The number of carbonyl (C=O) groups is 1. The summed E-state index contributed by atoms with van der Waals surface area (Å²) in [5.74, 6) is 0.887.